The molecule has 0 fully saturated rings. The second kappa shape index (κ2) is 7.35. The number of hydrogen-bond donors (Lipinski definition) is 1. The van der Waals surface area contributed by atoms with Crippen LogP contribution in [-0.2, 0) is 17.8 Å². The predicted octanol–water partition coefficient (Wildman–Crippen LogP) is 3.29. The van der Waals surface area contributed by atoms with Crippen molar-refractivity contribution in [2.75, 3.05) is 0 Å². The number of fused-ring (bicyclic) bond motifs is 2. The van der Waals surface area contributed by atoms with Crippen molar-refractivity contribution in [3.8, 4) is 0 Å². The molecule has 0 saturated heterocycles. The molecular formula is C22H23N3O2. The van der Waals surface area contributed by atoms with Crippen molar-refractivity contribution in [3.05, 3.63) is 75.8 Å². The molecule has 138 valence electrons. The highest BCUT2D eigenvalue weighted by Gasteiger charge is 2.21. The normalized spacial score (nSPS) is 16.1. The van der Waals surface area contributed by atoms with Crippen molar-refractivity contribution in [1.82, 2.24) is 14.9 Å². The molecule has 1 aromatic heterocycles. The Balaban J connectivity index is 1.45. The quantitative estimate of drug-likeness (QED) is 0.776. The summed E-state index contributed by atoms with van der Waals surface area (Å²) in [5, 5.41) is 3.73. The van der Waals surface area contributed by atoms with Crippen LogP contribution in [0, 0.1) is 6.92 Å². The van der Waals surface area contributed by atoms with Gasteiger partial charge in [0.2, 0.25) is 5.91 Å². The number of aryl methyl sites for hydroxylation is 3. The van der Waals surface area contributed by atoms with E-state index in [2.05, 4.69) is 22.4 Å². The zero-order chi connectivity index (χ0) is 18.8. The molecule has 1 amide bonds. The third-order valence-electron chi connectivity index (χ3n) is 5.34. The second-order valence-electron chi connectivity index (χ2n) is 7.18. The van der Waals surface area contributed by atoms with Gasteiger partial charge in [-0.25, -0.2) is 4.98 Å². The van der Waals surface area contributed by atoms with E-state index >= 15 is 0 Å². The third-order valence-corrected chi connectivity index (χ3v) is 5.34. The van der Waals surface area contributed by atoms with E-state index in [1.165, 1.54) is 15.7 Å². The fourth-order valence-corrected chi connectivity index (χ4v) is 3.89. The molecule has 1 aliphatic carbocycles. The molecule has 5 heteroatoms. The number of hydrogen-bond acceptors (Lipinski definition) is 3. The summed E-state index contributed by atoms with van der Waals surface area (Å²) in [5.41, 5.74) is 4.14. The van der Waals surface area contributed by atoms with Gasteiger partial charge < -0.3 is 5.32 Å². The first-order valence-electron chi connectivity index (χ1n) is 9.45. The minimum Gasteiger partial charge on any atom is -0.349 e. The number of carbonyl (C=O) groups is 1. The Hall–Kier alpha value is -2.95. The van der Waals surface area contributed by atoms with E-state index in [1.807, 2.05) is 31.2 Å². The van der Waals surface area contributed by atoms with Crippen molar-refractivity contribution >= 4 is 16.8 Å². The van der Waals surface area contributed by atoms with E-state index in [9.17, 15) is 9.59 Å². The molecule has 0 saturated carbocycles. The molecule has 0 bridgehead atoms. The third kappa shape index (κ3) is 3.50. The summed E-state index contributed by atoms with van der Waals surface area (Å²) in [6.45, 7) is 2.27. The first-order chi connectivity index (χ1) is 13.1. The highest BCUT2D eigenvalue weighted by Crippen LogP contribution is 2.29. The molecule has 5 nitrogen and oxygen atoms in total. The largest absolute Gasteiger partial charge is 0.349 e. The van der Waals surface area contributed by atoms with Crippen LogP contribution in [0.3, 0.4) is 0 Å². The molecule has 0 radical (unpaired) electrons. The molecular weight excluding hydrogens is 338 g/mol. The SMILES string of the molecule is Cc1cccc2c(=O)n(CCC(=O)NC3CCCc4ccccc43)cnc12. The molecule has 1 heterocycles. The minimum atomic E-state index is -0.0977. The van der Waals surface area contributed by atoms with Gasteiger partial charge in [0.1, 0.15) is 0 Å². The monoisotopic (exact) mass is 361 g/mol. The Morgan fingerprint density at radius 3 is 2.96 bits per heavy atom. The van der Waals surface area contributed by atoms with E-state index in [1.54, 1.807) is 12.4 Å². The van der Waals surface area contributed by atoms with Crippen LogP contribution in [0.4, 0.5) is 0 Å². The van der Waals surface area contributed by atoms with E-state index in [4.69, 9.17) is 0 Å². The Morgan fingerprint density at radius 1 is 1.22 bits per heavy atom. The minimum absolute atomic E-state index is 0.0343. The van der Waals surface area contributed by atoms with Gasteiger partial charge in [-0.05, 0) is 48.9 Å². The molecule has 1 aliphatic rings. The average Bonchev–Trinajstić information content (AvgIpc) is 2.68. The van der Waals surface area contributed by atoms with E-state index < -0.39 is 0 Å². The van der Waals surface area contributed by atoms with Gasteiger partial charge in [0.15, 0.2) is 0 Å². The molecule has 1 N–H and O–H groups in total. The molecule has 27 heavy (non-hydrogen) atoms. The Labute approximate surface area is 158 Å². The summed E-state index contributed by atoms with van der Waals surface area (Å²) in [4.78, 5) is 29.5. The number of aromatic nitrogens is 2. The summed E-state index contributed by atoms with van der Waals surface area (Å²) >= 11 is 0. The summed E-state index contributed by atoms with van der Waals surface area (Å²) < 4.78 is 1.52. The number of carbonyl (C=O) groups excluding carboxylic acids is 1. The molecule has 3 aromatic rings. The maximum absolute atomic E-state index is 12.6. The zero-order valence-electron chi connectivity index (χ0n) is 15.4. The zero-order valence-corrected chi connectivity index (χ0v) is 15.4. The topological polar surface area (TPSA) is 64.0 Å². The second-order valence-corrected chi connectivity index (χ2v) is 7.18. The lowest BCUT2D eigenvalue weighted by molar-refractivity contribution is -0.122. The summed E-state index contributed by atoms with van der Waals surface area (Å²) in [6.07, 6.45) is 4.91. The number of nitrogens with zero attached hydrogens (tertiary/aromatic N) is 2. The van der Waals surface area contributed by atoms with Gasteiger partial charge in [0.25, 0.3) is 5.56 Å². The number of amides is 1. The van der Waals surface area contributed by atoms with Gasteiger partial charge in [-0.15, -0.1) is 0 Å². The maximum Gasteiger partial charge on any atom is 0.261 e. The lowest BCUT2D eigenvalue weighted by Crippen LogP contribution is -2.32. The summed E-state index contributed by atoms with van der Waals surface area (Å²) in [5.74, 6) is -0.0343. The van der Waals surface area contributed by atoms with Crippen LogP contribution < -0.4 is 10.9 Å². The fourth-order valence-electron chi connectivity index (χ4n) is 3.89. The first kappa shape index (κ1) is 17.5. The molecule has 2 aromatic carbocycles. The Morgan fingerprint density at radius 2 is 2.07 bits per heavy atom. The Bertz CT molecular complexity index is 1050. The smallest absolute Gasteiger partial charge is 0.261 e. The van der Waals surface area contributed by atoms with E-state index in [0.29, 0.717) is 11.9 Å². The van der Waals surface area contributed by atoms with Crippen LogP contribution in [0.25, 0.3) is 10.9 Å². The van der Waals surface area contributed by atoms with Crippen LogP contribution in [0.2, 0.25) is 0 Å². The van der Waals surface area contributed by atoms with E-state index in [0.717, 1.165) is 30.3 Å². The molecule has 4 rings (SSSR count). The van der Waals surface area contributed by atoms with Gasteiger partial charge in [-0.3, -0.25) is 14.2 Å². The average molecular weight is 361 g/mol. The van der Waals surface area contributed by atoms with Crippen LogP contribution in [0.15, 0.2) is 53.6 Å². The van der Waals surface area contributed by atoms with E-state index in [-0.39, 0.29) is 23.9 Å². The van der Waals surface area contributed by atoms with Crippen molar-refractivity contribution < 1.29 is 4.79 Å². The van der Waals surface area contributed by atoms with Crippen LogP contribution in [0.5, 0.6) is 0 Å². The van der Waals surface area contributed by atoms with Gasteiger partial charge in [0, 0.05) is 13.0 Å². The predicted molar refractivity (Wildman–Crippen MR) is 106 cm³/mol. The van der Waals surface area contributed by atoms with Crippen molar-refractivity contribution in [2.24, 2.45) is 0 Å². The lowest BCUT2D eigenvalue weighted by Gasteiger charge is -2.26. The lowest BCUT2D eigenvalue weighted by atomic mass is 9.88. The maximum atomic E-state index is 12.6. The molecule has 0 spiro atoms. The molecule has 1 unspecified atom stereocenters. The fraction of sp³-hybridized carbons (Fsp3) is 0.318. The molecule has 0 aliphatic heterocycles. The van der Waals surface area contributed by atoms with Crippen molar-refractivity contribution in [2.45, 2.75) is 45.2 Å². The van der Waals surface area contributed by atoms with Gasteiger partial charge in [-0.1, -0.05) is 36.4 Å². The van der Waals surface area contributed by atoms with Crippen LogP contribution >= 0.6 is 0 Å². The number of nitrogens with one attached hydrogen (secondary N) is 1. The van der Waals surface area contributed by atoms with Crippen LogP contribution in [0.1, 0.15) is 42.0 Å². The summed E-state index contributed by atoms with van der Waals surface area (Å²) in [7, 11) is 0. The van der Waals surface area contributed by atoms with Gasteiger partial charge in [-0.2, -0.15) is 0 Å². The summed E-state index contributed by atoms with van der Waals surface area (Å²) in [6, 6.07) is 13.9. The highest BCUT2D eigenvalue weighted by atomic mass is 16.2. The number of rotatable bonds is 4. The van der Waals surface area contributed by atoms with Gasteiger partial charge in [0.05, 0.1) is 23.3 Å². The first-order valence-corrected chi connectivity index (χ1v) is 9.45. The number of para-hydroxylation sites is 1. The van der Waals surface area contributed by atoms with Crippen molar-refractivity contribution in [3.63, 3.8) is 0 Å². The standard InChI is InChI=1S/C22H23N3O2/c1-15-6-4-10-18-21(15)23-14-25(22(18)27)13-12-20(26)24-19-11-5-8-16-7-2-3-9-17(16)19/h2-4,6-7,9-10,14,19H,5,8,11-13H2,1H3,(H,24,26). The van der Waals surface area contributed by atoms with Crippen LogP contribution in [-0.4, -0.2) is 15.5 Å². The van der Waals surface area contributed by atoms with Gasteiger partial charge >= 0.3 is 0 Å². The Kier molecular flexibility index (Phi) is 4.75. The van der Waals surface area contributed by atoms with Crippen molar-refractivity contribution in [1.29, 1.82) is 0 Å². The highest BCUT2D eigenvalue weighted by molar-refractivity contribution is 5.80. The number of benzene rings is 2. The molecule has 1 atom stereocenters.